The number of ketones is 1. The molecule has 0 spiro atoms. The molecule has 0 radical (unpaired) electrons. The van der Waals surface area contributed by atoms with Crippen LogP contribution in [-0.2, 0) is 6.54 Å². The molecule has 0 N–H and O–H groups in total. The van der Waals surface area contributed by atoms with Crippen LogP contribution in [0.5, 0.6) is 0 Å². The van der Waals surface area contributed by atoms with Crippen LogP contribution in [-0.4, -0.2) is 10.4 Å². The highest BCUT2D eigenvalue weighted by atomic mass is 19.1. The number of aromatic nitrogens is 1. The van der Waals surface area contributed by atoms with E-state index < -0.39 is 5.78 Å². The Morgan fingerprint density at radius 1 is 1.28 bits per heavy atom. The fourth-order valence-corrected chi connectivity index (χ4v) is 3.27. The number of carbonyl (C=O) groups excluding carboxylic acids is 1. The van der Waals surface area contributed by atoms with Gasteiger partial charge in [-0.25, -0.2) is 4.39 Å². The van der Waals surface area contributed by atoms with E-state index in [0.717, 1.165) is 12.5 Å². The minimum absolute atomic E-state index is 0. The van der Waals surface area contributed by atoms with Gasteiger partial charge in [-0.05, 0) is 37.1 Å². The summed E-state index contributed by atoms with van der Waals surface area (Å²) in [5.41, 5.74) is 2.11. The van der Waals surface area contributed by atoms with Gasteiger partial charge in [-0.2, -0.15) is 0 Å². The zero-order chi connectivity index (χ0) is 23.7. The van der Waals surface area contributed by atoms with Gasteiger partial charge < -0.3 is 4.57 Å². The van der Waals surface area contributed by atoms with Gasteiger partial charge in [0.05, 0.1) is 11.3 Å². The SMILES string of the molecule is C=CC(=O)c1cn(CCC)c(C2=CC(c3ccccc3F)=CC(C)C#C2)cc1=O.CCC.[HH]. The molecule has 4 heteroatoms. The van der Waals surface area contributed by atoms with E-state index in [4.69, 9.17) is 0 Å². The van der Waals surface area contributed by atoms with Crippen LogP contribution in [0.25, 0.3) is 11.1 Å². The molecule has 0 amide bonds. The van der Waals surface area contributed by atoms with Gasteiger partial charge in [0.2, 0.25) is 0 Å². The lowest BCUT2D eigenvalue weighted by molar-refractivity contribution is 0.104. The van der Waals surface area contributed by atoms with Crippen molar-refractivity contribution < 1.29 is 10.6 Å². The Kier molecular flexibility index (Phi) is 9.16. The van der Waals surface area contributed by atoms with E-state index in [1.54, 1.807) is 24.4 Å². The lowest BCUT2D eigenvalue weighted by atomic mass is 9.99. The van der Waals surface area contributed by atoms with Crippen LogP contribution in [0.15, 0.2) is 66.1 Å². The molecule has 0 saturated heterocycles. The van der Waals surface area contributed by atoms with Crippen molar-refractivity contribution in [2.45, 2.75) is 47.1 Å². The maximum absolute atomic E-state index is 14.4. The molecule has 0 bridgehead atoms. The van der Waals surface area contributed by atoms with E-state index in [0.29, 0.717) is 28.9 Å². The predicted molar refractivity (Wildman–Crippen MR) is 133 cm³/mol. The number of nitrogens with zero attached hydrogens (tertiary/aromatic N) is 1. The molecule has 32 heavy (non-hydrogen) atoms. The summed E-state index contributed by atoms with van der Waals surface area (Å²) in [5.74, 6) is 5.46. The molecular formula is C28H32FNO2. The summed E-state index contributed by atoms with van der Waals surface area (Å²) in [4.78, 5) is 24.6. The number of hydrogen-bond acceptors (Lipinski definition) is 2. The molecule has 3 rings (SSSR count). The smallest absolute Gasteiger partial charge is 0.193 e. The Morgan fingerprint density at radius 2 is 1.97 bits per heavy atom. The number of hydrogen-bond donors (Lipinski definition) is 0. The Balaban J connectivity index is 0.00000129. The van der Waals surface area contributed by atoms with Crippen molar-refractivity contribution in [2.24, 2.45) is 5.92 Å². The molecule has 1 aromatic heterocycles. The lowest BCUT2D eigenvalue weighted by Crippen LogP contribution is -2.19. The number of aryl methyl sites for hydroxylation is 1. The third-order valence-corrected chi connectivity index (χ3v) is 4.67. The van der Waals surface area contributed by atoms with Crippen molar-refractivity contribution in [3.05, 3.63) is 94.2 Å². The molecule has 3 nitrogen and oxygen atoms in total. The van der Waals surface area contributed by atoms with Crippen LogP contribution in [0.2, 0.25) is 0 Å². The summed E-state index contributed by atoms with van der Waals surface area (Å²) in [6.45, 7) is 12.3. The Labute approximate surface area is 191 Å². The number of rotatable bonds is 6. The van der Waals surface area contributed by atoms with E-state index in [9.17, 15) is 14.0 Å². The third-order valence-electron chi connectivity index (χ3n) is 4.67. The Morgan fingerprint density at radius 3 is 2.59 bits per heavy atom. The third kappa shape index (κ3) is 6.04. The van der Waals surface area contributed by atoms with Crippen LogP contribution in [0.3, 0.4) is 0 Å². The fourth-order valence-electron chi connectivity index (χ4n) is 3.27. The maximum Gasteiger partial charge on any atom is 0.193 e. The van der Waals surface area contributed by atoms with Crippen LogP contribution < -0.4 is 5.43 Å². The highest BCUT2D eigenvalue weighted by molar-refractivity contribution is 6.04. The van der Waals surface area contributed by atoms with E-state index in [-0.39, 0.29) is 24.2 Å². The topological polar surface area (TPSA) is 39.1 Å². The fraction of sp³-hybridized carbons (Fsp3) is 0.286. The van der Waals surface area contributed by atoms with E-state index in [1.165, 1.54) is 18.6 Å². The number of carbonyl (C=O) groups is 1. The summed E-state index contributed by atoms with van der Waals surface area (Å²) >= 11 is 0. The second kappa shape index (κ2) is 11.8. The molecule has 168 valence electrons. The highest BCUT2D eigenvalue weighted by Gasteiger charge is 2.16. The minimum Gasteiger partial charge on any atom is -0.346 e. The maximum atomic E-state index is 14.4. The van der Waals surface area contributed by atoms with E-state index >= 15 is 0 Å². The van der Waals surface area contributed by atoms with Crippen molar-refractivity contribution in [3.63, 3.8) is 0 Å². The van der Waals surface area contributed by atoms with Crippen molar-refractivity contribution in [1.82, 2.24) is 4.57 Å². The van der Waals surface area contributed by atoms with Crippen LogP contribution in [0, 0.1) is 23.6 Å². The zero-order valence-corrected chi connectivity index (χ0v) is 19.2. The normalized spacial score (nSPS) is 14.6. The predicted octanol–water partition coefficient (Wildman–Crippen LogP) is 6.55. The number of allylic oxidation sites excluding steroid dienone is 5. The largest absolute Gasteiger partial charge is 0.346 e. The second-order valence-corrected chi connectivity index (χ2v) is 7.62. The molecule has 1 atom stereocenters. The Hall–Kier alpha value is -3.45. The van der Waals surface area contributed by atoms with Gasteiger partial charge in [0, 0.05) is 37.3 Å². The molecule has 1 heterocycles. The van der Waals surface area contributed by atoms with Crippen LogP contribution >= 0.6 is 0 Å². The van der Waals surface area contributed by atoms with E-state index in [2.05, 4.69) is 32.3 Å². The summed E-state index contributed by atoms with van der Waals surface area (Å²) in [6, 6.07) is 8.00. The second-order valence-electron chi connectivity index (χ2n) is 7.62. The minimum atomic E-state index is -0.409. The summed E-state index contributed by atoms with van der Waals surface area (Å²) in [7, 11) is 0. The van der Waals surface area contributed by atoms with Gasteiger partial charge >= 0.3 is 0 Å². The van der Waals surface area contributed by atoms with E-state index in [1.807, 2.05) is 30.6 Å². The summed E-state index contributed by atoms with van der Waals surface area (Å²) in [6.07, 6.45) is 8.48. The number of pyridine rings is 1. The number of benzene rings is 1. The summed E-state index contributed by atoms with van der Waals surface area (Å²) in [5, 5.41) is 0. The van der Waals surface area contributed by atoms with Crippen molar-refractivity contribution in [1.29, 1.82) is 0 Å². The molecule has 2 aromatic rings. The molecule has 0 aliphatic heterocycles. The van der Waals surface area contributed by atoms with Gasteiger partial charge in [-0.15, -0.1) is 0 Å². The van der Waals surface area contributed by atoms with Crippen LogP contribution in [0.4, 0.5) is 4.39 Å². The molecule has 0 fully saturated rings. The van der Waals surface area contributed by atoms with Gasteiger partial charge in [0.25, 0.3) is 0 Å². The molecule has 1 aromatic carbocycles. The first-order valence-electron chi connectivity index (χ1n) is 11.0. The molecule has 0 saturated carbocycles. The Bertz CT molecular complexity index is 1180. The average molecular weight is 434 g/mol. The quantitative estimate of drug-likeness (QED) is 0.294. The lowest BCUT2D eigenvalue weighted by Gasteiger charge is -2.14. The average Bonchev–Trinajstić information content (AvgIpc) is 2.96. The first-order chi connectivity index (χ1) is 15.4. The van der Waals surface area contributed by atoms with Gasteiger partial charge in [-0.1, -0.05) is 69.9 Å². The van der Waals surface area contributed by atoms with Gasteiger partial charge in [0.1, 0.15) is 5.82 Å². The molecule has 1 unspecified atom stereocenters. The van der Waals surface area contributed by atoms with Crippen molar-refractivity contribution in [2.75, 3.05) is 0 Å². The first kappa shape index (κ1) is 24.8. The molecule has 1 aliphatic rings. The van der Waals surface area contributed by atoms with Gasteiger partial charge in [0.15, 0.2) is 11.2 Å². The molecular weight excluding hydrogens is 401 g/mol. The standard InChI is InChI=1S/C25H22FNO2.C3H8.H2/c1-4-12-27-16-21(24(28)5-2)25(29)15-23(27)18-11-10-17(3)13-19(14-18)20-8-6-7-9-22(20)26;1-3-2;/h5-9,13-17H,2,4,12H2,1,3H3;3H2,1-2H3;1H. The summed E-state index contributed by atoms with van der Waals surface area (Å²) < 4.78 is 16.3. The van der Waals surface area contributed by atoms with Crippen LogP contribution in [0.1, 0.15) is 63.6 Å². The number of halogens is 1. The first-order valence-corrected chi connectivity index (χ1v) is 11.0. The van der Waals surface area contributed by atoms with Crippen molar-refractivity contribution in [3.8, 4) is 11.8 Å². The van der Waals surface area contributed by atoms with Gasteiger partial charge in [-0.3, -0.25) is 9.59 Å². The van der Waals surface area contributed by atoms with Crippen molar-refractivity contribution >= 4 is 16.9 Å². The molecule has 1 aliphatic carbocycles. The zero-order valence-electron chi connectivity index (χ0n) is 19.2. The highest BCUT2D eigenvalue weighted by Crippen LogP contribution is 2.27. The monoisotopic (exact) mass is 433 g/mol.